The number of aromatic nitrogens is 1. The van der Waals surface area contributed by atoms with Crippen molar-refractivity contribution in [2.45, 2.75) is 78.6 Å². The number of rotatable bonds is 2. The molecule has 0 aliphatic carbocycles. The molecular weight excluding hydrogens is 256 g/mol. The molecule has 1 aromatic rings. The highest BCUT2D eigenvalue weighted by Crippen LogP contribution is 2.37. The average Bonchev–Trinajstić information content (AvgIpc) is 2.24. The Morgan fingerprint density at radius 1 is 0.850 bits per heavy atom. The maximum absolute atomic E-state index is 13.4. The van der Waals surface area contributed by atoms with Gasteiger partial charge in [-0.3, -0.25) is 4.98 Å². The van der Waals surface area contributed by atoms with E-state index in [1.54, 1.807) is 0 Å². The summed E-state index contributed by atoms with van der Waals surface area (Å²) in [6, 6.07) is 1.95. The largest absolute Gasteiger partial charge is 0.280 e. The molecule has 0 unspecified atom stereocenters. The van der Waals surface area contributed by atoms with Crippen LogP contribution < -0.4 is 0 Å². The fourth-order valence-corrected chi connectivity index (χ4v) is 2.35. The molecule has 0 atom stereocenters. The Labute approximate surface area is 121 Å². The number of nitrogens with zero attached hydrogens (tertiary/aromatic N) is 1. The van der Waals surface area contributed by atoms with Gasteiger partial charge in [-0.2, -0.15) is 0 Å². The molecule has 0 radical (unpaired) electrons. The second kappa shape index (κ2) is 5.42. The Kier molecular flexibility index (Phi) is 4.62. The molecule has 3 heteroatoms. The summed E-state index contributed by atoms with van der Waals surface area (Å²) >= 11 is 0. The van der Waals surface area contributed by atoms with Gasteiger partial charge in [0.05, 0.1) is 0 Å². The first kappa shape index (κ1) is 17.1. The second-order valence-corrected chi connectivity index (χ2v) is 7.81. The second-order valence-electron chi connectivity index (χ2n) is 7.81. The van der Waals surface area contributed by atoms with Crippen LogP contribution in [-0.2, 0) is 10.8 Å². The summed E-state index contributed by atoms with van der Waals surface area (Å²) in [5.74, 6) is 0.135. The van der Waals surface area contributed by atoms with Gasteiger partial charge < -0.3 is 0 Å². The minimum absolute atomic E-state index is 0.0609. The smallest absolute Gasteiger partial charge is 0.251 e. The van der Waals surface area contributed by atoms with Crippen LogP contribution in [0.15, 0.2) is 6.07 Å². The van der Waals surface area contributed by atoms with E-state index in [9.17, 15) is 8.78 Å². The molecule has 0 bridgehead atoms. The zero-order valence-electron chi connectivity index (χ0n) is 13.9. The average molecular weight is 283 g/mol. The summed E-state index contributed by atoms with van der Waals surface area (Å²) in [7, 11) is 0. The number of pyridine rings is 1. The van der Waals surface area contributed by atoms with E-state index in [1.807, 2.05) is 40.7 Å². The van der Waals surface area contributed by atoms with Gasteiger partial charge in [0.25, 0.3) is 6.43 Å². The first-order chi connectivity index (χ1) is 8.85. The zero-order valence-corrected chi connectivity index (χ0v) is 13.9. The van der Waals surface area contributed by atoms with Crippen LogP contribution in [0.25, 0.3) is 0 Å². The van der Waals surface area contributed by atoms with Crippen LogP contribution in [0.5, 0.6) is 0 Å². The van der Waals surface area contributed by atoms with Gasteiger partial charge in [0.15, 0.2) is 0 Å². The minimum Gasteiger partial charge on any atom is -0.251 e. The Morgan fingerprint density at radius 3 is 1.55 bits per heavy atom. The van der Waals surface area contributed by atoms with Crippen LogP contribution in [0.1, 0.15) is 90.2 Å². The van der Waals surface area contributed by atoms with Crippen molar-refractivity contribution in [3.8, 4) is 0 Å². The van der Waals surface area contributed by atoms with Gasteiger partial charge in [0.2, 0.25) is 0 Å². The summed E-state index contributed by atoms with van der Waals surface area (Å²) < 4.78 is 26.7. The third-order valence-corrected chi connectivity index (χ3v) is 3.45. The molecule has 0 fully saturated rings. The van der Waals surface area contributed by atoms with E-state index in [4.69, 9.17) is 0 Å². The van der Waals surface area contributed by atoms with Crippen molar-refractivity contribution in [2.75, 3.05) is 0 Å². The van der Waals surface area contributed by atoms with Gasteiger partial charge in [-0.15, -0.1) is 0 Å². The molecule has 0 saturated carbocycles. The van der Waals surface area contributed by atoms with Crippen LogP contribution >= 0.6 is 0 Å². The van der Waals surface area contributed by atoms with E-state index in [2.05, 4.69) is 25.8 Å². The molecular formula is C17H27F2N. The standard InChI is InChI=1S/C17H27F2N/c1-10(2)13-11(16(3,4)5)9-12(17(6,7)8)14(20-13)15(18)19/h9-10,15H,1-8H3. The molecule has 1 aromatic heterocycles. The summed E-state index contributed by atoms with van der Waals surface area (Å²) in [5.41, 5.74) is 2.01. The molecule has 1 heterocycles. The SMILES string of the molecule is CC(C)c1nc(C(F)F)c(C(C)(C)C)cc1C(C)(C)C. The number of hydrogen-bond donors (Lipinski definition) is 0. The Bertz CT molecular complexity index is 436. The highest BCUT2D eigenvalue weighted by molar-refractivity contribution is 5.40. The lowest BCUT2D eigenvalue weighted by Crippen LogP contribution is -2.23. The van der Waals surface area contributed by atoms with Gasteiger partial charge >= 0.3 is 0 Å². The first-order valence-electron chi connectivity index (χ1n) is 7.19. The Balaban J connectivity index is 3.70. The minimum atomic E-state index is -2.53. The van der Waals surface area contributed by atoms with Gasteiger partial charge in [0.1, 0.15) is 5.69 Å². The van der Waals surface area contributed by atoms with Crippen molar-refractivity contribution < 1.29 is 8.78 Å². The Morgan fingerprint density at radius 2 is 1.25 bits per heavy atom. The van der Waals surface area contributed by atoms with Gasteiger partial charge in [0, 0.05) is 5.69 Å². The molecule has 1 rings (SSSR count). The van der Waals surface area contributed by atoms with Crippen molar-refractivity contribution in [1.82, 2.24) is 4.98 Å². The van der Waals surface area contributed by atoms with E-state index >= 15 is 0 Å². The molecule has 1 nitrogen and oxygen atoms in total. The molecule has 0 spiro atoms. The highest BCUT2D eigenvalue weighted by atomic mass is 19.3. The van der Waals surface area contributed by atoms with E-state index in [0.717, 1.165) is 11.3 Å². The van der Waals surface area contributed by atoms with Crippen LogP contribution in [0.2, 0.25) is 0 Å². The molecule has 0 saturated heterocycles. The van der Waals surface area contributed by atoms with Crippen LogP contribution in [0.4, 0.5) is 8.78 Å². The van der Waals surface area contributed by atoms with Gasteiger partial charge in [-0.25, -0.2) is 8.78 Å². The first-order valence-corrected chi connectivity index (χ1v) is 7.19. The van der Waals surface area contributed by atoms with Crippen molar-refractivity contribution in [2.24, 2.45) is 0 Å². The van der Waals surface area contributed by atoms with Crippen molar-refractivity contribution in [3.63, 3.8) is 0 Å². The topological polar surface area (TPSA) is 12.9 Å². The maximum Gasteiger partial charge on any atom is 0.280 e. The number of halogens is 2. The molecule has 0 aliphatic rings. The number of hydrogen-bond acceptors (Lipinski definition) is 1. The van der Waals surface area contributed by atoms with Gasteiger partial charge in [-0.1, -0.05) is 61.5 Å². The monoisotopic (exact) mass is 283 g/mol. The zero-order chi connectivity index (χ0) is 15.9. The lowest BCUT2D eigenvalue weighted by atomic mass is 9.78. The predicted octanol–water partition coefficient (Wildman–Crippen LogP) is 5.74. The van der Waals surface area contributed by atoms with E-state index in [-0.39, 0.29) is 22.4 Å². The fourth-order valence-electron chi connectivity index (χ4n) is 2.35. The Hall–Kier alpha value is -0.990. The van der Waals surface area contributed by atoms with E-state index < -0.39 is 6.43 Å². The van der Waals surface area contributed by atoms with Crippen LogP contribution in [-0.4, -0.2) is 4.98 Å². The predicted molar refractivity (Wildman–Crippen MR) is 80.7 cm³/mol. The molecule has 114 valence electrons. The molecule has 0 amide bonds. The molecule has 0 N–H and O–H groups in total. The molecule has 0 aliphatic heterocycles. The summed E-state index contributed by atoms with van der Waals surface area (Å²) in [6.07, 6.45) is -2.53. The fraction of sp³-hybridized carbons (Fsp3) is 0.706. The summed E-state index contributed by atoms with van der Waals surface area (Å²) in [4.78, 5) is 4.35. The van der Waals surface area contributed by atoms with Gasteiger partial charge in [-0.05, 0) is 27.9 Å². The van der Waals surface area contributed by atoms with Crippen molar-refractivity contribution >= 4 is 0 Å². The summed E-state index contributed by atoms with van der Waals surface area (Å²) in [6.45, 7) is 16.2. The maximum atomic E-state index is 13.4. The molecule has 0 aromatic carbocycles. The third-order valence-electron chi connectivity index (χ3n) is 3.45. The normalized spacial score (nSPS) is 13.4. The number of alkyl halides is 2. The van der Waals surface area contributed by atoms with Crippen molar-refractivity contribution in [3.05, 3.63) is 28.6 Å². The van der Waals surface area contributed by atoms with E-state index in [1.165, 1.54) is 0 Å². The van der Waals surface area contributed by atoms with Crippen LogP contribution in [0.3, 0.4) is 0 Å². The lowest BCUT2D eigenvalue weighted by Gasteiger charge is -2.30. The third kappa shape index (κ3) is 3.56. The summed E-state index contributed by atoms with van der Waals surface area (Å²) in [5, 5.41) is 0. The van der Waals surface area contributed by atoms with Crippen LogP contribution in [0, 0.1) is 0 Å². The lowest BCUT2D eigenvalue weighted by molar-refractivity contribution is 0.142. The van der Waals surface area contributed by atoms with Crippen molar-refractivity contribution in [1.29, 1.82) is 0 Å². The quantitative estimate of drug-likeness (QED) is 0.674. The highest BCUT2D eigenvalue weighted by Gasteiger charge is 2.30. The molecule has 20 heavy (non-hydrogen) atoms. The van der Waals surface area contributed by atoms with E-state index in [0.29, 0.717) is 5.56 Å².